The Bertz CT molecular complexity index is 314. The maximum atomic E-state index is 13.1. The molecule has 2 rings (SSSR count). The fourth-order valence-corrected chi connectivity index (χ4v) is 2.98. The molecule has 1 aliphatic rings. The van der Waals surface area contributed by atoms with Crippen LogP contribution < -0.4 is 5.32 Å². The maximum absolute atomic E-state index is 13.1. The van der Waals surface area contributed by atoms with Gasteiger partial charge in [-0.2, -0.15) is 11.8 Å². The number of thioether (sulfide) groups is 1. The molecule has 0 amide bonds. The second-order valence-electron chi connectivity index (χ2n) is 4.08. The van der Waals surface area contributed by atoms with Gasteiger partial charge >= 0.3 is 0 Å². The van der Waals surface area contributed by atoms with Gasteiger partial charge in [0.2, 0.25) is 0 Å². The molecule has 1 aliphatic heterocycles. The third-order valence-corrected chi connectivity index (χ3v) is 3.79. The largest absolute Gasteiger partial charge is 0.381 e. The highest BCUT2D eigenvalue weighted by Crippen LogP contribution is 2.22. The lowest BCUT2D eigenvalue weighted by Crippen LogP contribution is -2.25. The van der Waals surface area contributed by atoms with Crippen molar-refractivity contribution in [3.05, 3.63) is 29.6 Å². The first kappa shape index (κ1) is 10.8. The summed E-state index contributed by atoms with van der Waals surface area (Å²) in [5.41, 5.74) is 1.89. The Morgan fingerprint density at radius 1 is 1.40 bits per heavy atom. The molecule has 0 unspecified atom stereocenters. The Hall–Kier alpha value is -0.700. The van der Waals surface area contributed by atoms with Crippen molar-refractivity contribution in [3.8, 4) is 0 Å². The third-order valence-electron chi connectivity index (χ3n) is 2.57. The highest BCUT2D eigenvalue weighted by molar-refractivity contribution is 7.99. The fraction of sp³-hybridized carbons (Fsp3) is 0.500. The van der Waals surface area contributed by atoms with Crippen molar-refractivity contribution in [1.29, 1.82) is 0 Å². The molecule has 0 radical (unpaired) electrons. The summed E-state index contributed by atoms with van der Waals surface area (Å²) in [5.74, 6) is 2.25. The average molecular weight is 225 g/mol. The molecular weight excluding hydrogens is 209 g/mol. The van der Waals surface area contributed by atoms with Crippen LogP contribution >= 0.6 is 11.8 Å². The van der Waals surface area contributed by atoms with Gasteiger partial charge in [-0.05, 0) is 49.3 Å². The third kappa shape index (κ3) is 3.13. The Kier molecular flexibility index (Phi) is 3.52. The molecule has 0 bridgehead atoms. The number of aryl methyl sites for hydroxylation is 1. The molecule has 1 atom stereocenters. The van der Waals surface area contributed by atoms with Crippen molar-refractivity contribution in [1.82, 2.24) is 0 Å². The zero-order chi connectivity index (χ0) is 10.7. The van der Waals surface area contributed by atoms with Gasteiger partial charge in [0.1, 0.15) is 5.82 Å². The van der Waals surface area contributed by atoms with Gasteiger partial charge in [0, 0.05) is 17.5 Å². The van der Waals surface area contributed by atoms with Crippen LogP contribution in [-0.2, 0) is 0 Å². The molecule has 1 fully saturated rings. The molecule has 3 heteroatoms. The normalized spacial score (nSPS) is 21.3. The standard InChI is InChI=1S/C12H16FNS/c1-9-5-10(13)7-12(6-9)14-11-3-2-4-15-8-11/h5-7,11,14H,2-4,8H2,1H3/t11-/m1/s1. The van der Waals surface area contributed by atoms with Crippen LogP contribution in [0.15, 0.2) is 18.2 Å². The van der Waals surface area contributed by atoms with Gasteiger partial charge in [0.05, 0.1) is 0 Å². The van der Waals surface area contributed by atoms with E-state index in [0.29, 0.717) is 6.04 Å². The number of benzene rings is 1. The number of hydrogen-bond donors (Lipinski definition) is 1. The van der Waals surface area contributed by atoms with Crippen LogP contribution in [0.2, 0.25) is 0 Å². The van der Waals surface area contributed by atoms with Gasteiger partial charge in [-0.3, -0.25) is 0 Å². The average Bonchev–Trinajstić information content (AvgIpc) is 2.17. The molecule has 1 nitrogen and oxygen atoms in total. The second kappa shape index (κ2) is 4.88. The van der Waals surface area contributed by atoms with Crippen LogP contribution in [0, 0.1) is 12.7 Å². The van der Waals surface area contributed by atoms with E-state index in [4.69, 9.17) is 0 Å². The van der Waals surface area contributed by atoms with E-state index in [0.717, 1.165) is 17.0 Å². The zero-order valence-electron chi connectivity index (χ0n) is 8.92. The van der Waals surface area contributed by atoms with E-state index < -0.39 is 0 Å². The summed E-state index contributed by atoms with van der Waals surface area (Å²) < 4.78 is 13.1. The molecule has 0 saturated carbocycles. The van der Waals surface area contributed by atoms with Gasteiger partial charge < -0.3 is 5.32 Å². The zero-order valence-corrected chi connectivity index (χ0v) is 9.74. The van der Waals surface area contributed by atoms with E-state index >= 15 is 0 Å². The smallest absolute Gasteiger partial charge is 0.125 e. The van der Waals surface area contributed by atoms with Crippen LogP contribution in [-0.4, -0.2) is 17.5 Å². The molecule has 1 N–H and O–H groups in total. The van der Waals surface area contributed by atoms with E-state index in [1.54, 1.807) is 12.1 Å². The van der Waals surface area contributed by atoms with Crippen LogP contribution in [0.4, 0.5) is 10.1 Å². The molecule has 15 heavy (non-hydrogen) atoms. The molecule has 0 aromatic heterocycles. The molecule has 0 spiro atoms. The molecule has 82 valence electrons. The summed E-state index contributed by atoms with van der Waals surface area (Å²) in [6.07, 6.45) is 2.46. The molecule has 1 heterocycles. The molecular formula is C12H16FNS. The quantitative estimate of drug-likeness (QED) is 0.827. The number of rotatable bonds is 2. The van der Waals surface area contributed by atoms with Gasteiger partial charge in [-0.25, -0.2) is 4.39 Å². The topological polar surface area (TPSA) is 12.0 Å². The van der Waals surface area contributed by atoms with Crippen LogP contribution in [0.5, 0.6) is 0 Å². The van der Waals surface area contributed by atoms with Crippen LogP contribution in [0.25, 0.3) is 0 Å². The van der Waals surface area contributed by atoms with E-state index in [1.807, 2.05) is 24.8 Å². The van der Waals surface area contributed by atoms with E-state index in [-0.39, 0.29) is 5.82 Å². The van der Waals surface area contributed by atoms with Gasteiger partial charge in [-0.15, -0.1) is 0 Å². The highest BCUT2D eigenvalue weighted by atomic mass is 32.2. The minimum absolute atomic E-state index is 0.152. The maximum Gasteiger partial charge on any atom is 0.125 e. The van der Waals surface area contributed by atoms with Crippen molar-refractivity contribution in [3.63, 3.8) is 0 Å². The summed E-state index contributed by atoms with van der Waals surface area (Å²) >= 11 is 1.97. The fourth-order valence-electron chi connectivity index (χ4n) is 1.91. The summed E-state index contributed by atoms with van der Waals surface area (Å²) in [7, 11) is 0. The Balaban J connectivity index is 2.02. The van der Waals surface area contributed by atoms with Crippen LogP contribution in [0.1, 0.15) is 18.4 Å². The molecule has 1 aromatic carbocycles. The Morgan fingerprint density at radius 3 is 2.93 bits per heavy atom. The minimum Gasteiger partial charge on any atom is -0.381 e. The van der Waals surface area contributed by atoms with Crippen molar-refractivity contribution < 1.29 is 4.39 Å². The first-order valence-corrected chi connectivity index (χ1v) is 6.51. The number of hydrogen-bond acceptors (Lipinski definition) is 2. The van der Waals surface area contributed by atoms with E-state index in [2.05, 4.69) is 5.32 Å². The molecule has 1 saturated heterocycles. The summed E-state index contributed by atoms with van der Waals surface area (Å²) in [6, 6.07) is 5.64. The minimum atomic E-state index is -0.152. The second-order valence-corrected chi connectivity index (χ2v) is 5.23. The predicted molar refractivity (Wildman–Crippen MR) is 65.1 cm³/mol. The van der Waals surface area contributed by atoms with Gasteiger partial charge in [0.25, 0.3) is 0 Å². The first-order chi connectivity index (χ1) is 7.24. The number of halogens is 1. The Labute approximate surface area is 94.5 Å². The SMILES string of the molecule is Cc1cc(F)cc(N[C@@H]2CCCSC2)c1. The number of anilines is 1. The first-order valence-electron chi connectivity index (χ1n) is 5.35. The lowest BCUT2D eigenvalue weighted by atomic mass is 10.1. The Morgan fingerprint density at radius 2 is 2.27 bits per heavy atom. The van der Waals surface area contributed by atoms with E-state index in [1.165, 1.54) is 18.6 Å². The van der Waals surface area contributed by atoms with Crippen LogP contribution in [0.3, 0.4) is 0 Å². The lowest BCUT2D eigenvalue weighted by molar-refractivity contribution is 0.625. The summed E-state index contributed by atoms with van der Waals surface area (Å²) in [5, 5.41) is 3.40. The van der Waals surface area contributed by atoms with Crippen molar-refractivity contribution in [2.45, 2.75) is 25.8 Å². The van der Waals surface area contributed by atoms with E-state index in [9.17, 15) is 4.39 Å². The van der Waals surface area contributed by atoms with Crippen molar-refractivity contribution >= 4 is 17.4 Å². The molecule has 0 aliphatic carbocycles. The summed E-state index contributed by atoms with van der Waals surface area (Å²) in [6.45, 7) is 1.92. The van der Waals surface area contributed by atoms with Gasteiger partial charge in [0.15, 0.2) is 0 Å². The highest BCUT2D eigenvalue weighted by Gasteiger charge is 2.13. The van der Waals surface area contributed by atoms with Gasteiger partial charge in [-0.1, -0.05) is 0 Å². The van der Waals surface area contributed by atoms with Crippen molar-refractivity contribution in [2.24, 2.45) is 0 Å². The monoisotopic (exact) mass is 225 g/mol. The predicted octanol–water partition coefficient (Wildman–Crippen LogP) is 3.44. The number of nitrogens with one attached hydrogen (secondary N) is 1. The lowest BCUT2D eigenvalue weighted by Gasteiger charge is -2.23. The van der Waals surface area contributed by atoms with Crippen molar-refractivity contribution in [2.75, 3.05) is 16.8 Å². The molecule has 1 aromatic rings. The summed E-state index contributed by atoms with van der Waals surface area (Å²) in [4.78, 5) is 0.